The Bertz CT molecular complexity index is 451. The molecule has 2 saturated heterocycles. The van der Waals surface area contributed by atoms with E-state index in [1.54, 1.807) is 12.4 Å². The molecule has 1 aromatic rings. The Labute approximate surface area is 125 Å². The summed E-state index contributed by atoms with van der Waals surface area (Å²) in [6.07, 6.45) is 5.80. The van der Waals surface area contributed by atoms with E-state index in [1.807, 2.05) is 7.05 Å². The molecule has 0 aromatic carbocycles. The minimum Gasteiger partial charge on any atom is -0.381 e. The number of hydrogen-bond acceptors (Lipinski definition) is 6. The van der Waals surface area contributed by atoms with Crippen molar-refractivity contribution in [3.8, 4) is 0 Å². The normalized spacial score (nSPS) is 24.9. The van der Waals surface area contributed by atoms with Crippen LogP contribution in [0.1, 0.15) is 24.6 Å². The fourth-order valence-corrected chi connectivity index (χ4v) is 3.10. The van der Waals surface area contributed by atoms with E-state index in [-0.39, 0.29) is 6.10 Å². The Balaban J connectivity index is 1.62. The largest absolute Gasteiger partial charge is 0.381 e. The fraction of sp³-hybridized carbons (Fsp3) is 0.733. The molecule has 1 aromatic heterocycles. The van der Waals surface area contributed by atoms with Crippen LogP contribution >= 0.6 is 0 Å². The van der Waals surface area contributed by atoms with E-state index in [4.69, 9.17) is 9.47 Å². The van der Waals surface area contributed by atoms with Crippen LogP contribution in [0.5, 0.6) is 0 Å². The second-order valence-electron chi connectivity index (χ2n) is 5.71. The highest BCUT2D eigenvalue weighted by Crippen LogP contribution is 2.26. The Kier molecular flexibility index (Phi) is 5.00. The topological polar surface area (TPSA) is 59.5 Å². The van der Waals surface area contributed by atoms with Crippen LogP contribution < -0.4 is 5.32 Å². The van der Waals surface area contributed by atoms with Gasteiger partial charge in [-0.3, -0.25) is 9.88 Å². The van der Waals surface area contributed by atoms with Gasteiger partial charge in [0, 0.05) is 52.3 Å². The van der Waals surface area contributed by atoms with Crippen LogP contribution in [0.15, 0.2) is 12.4 Å². The maximum atomic E-state index is 5.92. The van der Waals surface area contributed by atoms with Crippen molar-refractivity contribution in [1.29, 1.82) is 0 Å². The van der Waals surface area contributed by atoms with Crippen molar-refractivity contribution < 1.29 is 9.47 Å². The van der Waals surface area contributed by atoms with Crippen LogP contribution in [-0.2, 0) is 9.47 Å². The van der Waals surface area contributed by atoms with Crippen LogP contribution in [0.4, 0.5) is 5.82 Å². The highest BCUT2D eigenvalue weighted by Gasteiger charge is 2.27. The molecule has 0 amide bonds. The summed E-state index contributed by atoms with van der Waals surface area (Å²) in [4.78, 5) is 11.3. The van der Waals surface area contributed by atoms with Crippen LogP contribution in [-0.4, -0.2) is 61.4 Å². The summed E-state index contributed by atoms with van der Waals surface area (Å²) in [6.45, 7) is 5.61. The van der Waals surface area contributed by atoms with Crippen molar-refractivity contribution >= 4 is 5.82 Å². The number of morpholine rings is 1. The lowest BCUT2D eigenvalue weighted by atomic mass is 9.99. The number of hydrogen-bond donors (Lipinski definition) is 1. The van der Waals surface area contributed by atoms with Crippen molar-refractivity contribution in [2.75, 3.05) is 51.8 Å². The number of nitrogens with one attached hydrogen (secondary N) is 1. The second-order valence-corrected chi connectivity index (χ2v) is 5.71. The molecule has 2 aliphatic rings. The number of rotatable bonds is 4. The summed E-state index contributed by atoms with van der Waals surface area (Å²) in [7, 11) is 1.87. The summed E-state index contributed by atoms with van der Waals surface area (Å²) >= 11 is 0. The SMILES string of the molecule is CNc1nccnc1[C@@H]1CN(CC2CCOCC2)CCO1. The zero-order chi connectivity index (χ0) is 14.5. The van der Waals surface area contributed by atoms with E-state index in [1.165, 1.54) is 12.8 Å². The molecule has 2 fully saturated rings. The molecule has 0 radical (unpaired) electrons. The average Bonchev–Trinajstić information content (AvgIpc) is 2.56. The molecule has 6 heteroatoms. The predicted octanol–water partition coefficient (Wildman–Crippen LogP) is 1.32. The van der Waals surface area contributed by atoms with Gasteiger partial charge in [0.25, 0.3) is 0 Å². The highest BCUT2D eigenvalue weighted by molar-refractivity contribution is 5.40. The minimum atomic E-state index is 0.00902. The van der Waals surface area contributed by atoms with Gasteiger partial charge in [0.15, 0.2) is 0 Å². The molecular formula is C15H24N4O2. The maximum Gasteiger partial charge on any atom is 0.150 e. The summed E-state index contributed by atoms with van der Waals surface area (Å²) in [5.74, 6) is 1.57. The molecule has 6 nitrogen and oxygen atoms in total. The number of nitrogens with zero attached hydrogens (tertiary/aromatic N) is 3. The van der Waals surface area contributed by atoms with Gasteiger partial charge < -0.3 is 14.8 Å². The fourth-order valence-electron chi connectivity index (χ4n) is 3.10. The van der Waals surface area contributed by atoms with Crippen molar-refractivity contribution in [1.82, 2.24) is 14.9 Å². The third-order valence-corrected chi connectivity index (χ3v) is 4.28. The van der Waals surface area contributed by atoms with Crippen molar-refractivity contribution in [3.63, 3.8) is 0 Å². The van der Waals surface area contributed by atoms with Gasteiger partial charge in [-0.2, -0.15) is 0 Å². The number of anilines is 1. The van der Waals surface area contributed by atoms with Crippen LogP contribution in [0, 0.1) is 5.92 Å². The first-order valence-electron chi connectivity index (χ1n) is 7.77. The lowest BCUT2D eigenvalue weighted by Crippen LogP contribution is -2.42. The lowest BCUT2D eigenvalue weighted by Gasteiger charge is -2.36. The van der Waals surface area contributed by atoms with E-state index in [0.717, 1.165) is 56.9 Å². The highest BCUT2D eigenvalue weighted by atomic mass is 16.5. The third kappa shape index (κ3) is 3.70. The summed E-state index contributed by atoms with van der Waals surface area (Å²) < 4.78 is 11.4. The first-order valence-corrected chi connectivity index (χ1v) is 7.77. The number of aromatic nitrogens is 2. The van der Waals surface area contributed by atoms with E-state index >= 15 is 0 Å². The van der Waals surface area contributed by atoms with Gasteiger partial charge in [-0.15, -0.1) is 0 Å². The molecule has 0 spiro atoms. The van der Waals surface area contributed by atoms with Gasteiger partial charge >= 0.3 is 0 Å². The average molecular weight is 292 g/mol. The summed E-state index contributed by atoms with van der Waals surface area (Å²) in [6, 6.07) is 0. The summed E-state index contributed by atoms with van der Waals surface area (Å²) in [5, 5.41) is 3.10. The van der Waals surface area contributed by atoms with Gasteiger partial charge in [0.05, 0.1) is 6.61 Å². The smallest absolute Gasteiger partial charge is 0.150 e. The molecule has 3 rings (SSSR count). The molecule has 116 valence electrons. The molecule has 0 unspecified atom stereocenters. The first-order chi connectivity index (χ1) is 10.4. The van der Waals surface area contributed by atoms with Crippen molar-refractivity contribution in [2.24, 2.45) is 5.92 Å². The Morgan fingerprint density at radius 2 is 2.05 bits per heavy atom. The van der Waals surface area contributed by atoms with Crippen LogP contribution in [0.25, 0.3) is 0 Å². The second kappa shape index (κ2) is 7.15. The molecule has 1 atom stereocenters. The van der Waals surface area contributed by atoms with E-state index in [0.29, 0.717) is 0 Å². The van der Waals surface area contributed by atoms with Crippen LogP contribution in [0.2, 0.25) is 0 Å². The van der Waals surface area contributed by atoms with Gasteiger partial charge in [-0.05, 0) is 18.8 Å². The van der Waals surface area contributed by atoms with Gasteiger partial charge in [0.2, 0.25) is 0 Å². The molecule has 3 heterocycles. The monoisotopic (exact) mass is 292 g/mol. The lowest BCUT2D eigenvalue weighted by molar-refractivity contribution is -0.0427. The van der Waals surface area contributed by atoms with Gasteiger partial charge in [-0.1, -0.05) is 0 Å². The quantitative estimate of drug-likeness (QED) is 0.903. The zero-order valence-corrected chi connectivity index (χ0v) is 12.6. The van der Waals surface area contributed by atoms with E-state index in [9.17, 15) is 0 Å². The Morgan fingerprint density at radius 3 is 2.86 bits per heavy atom. The zero-order valence-electron chi connectivity index (χ0n) is 12.6. The standard InChI is InChI=1S/C15H24N4O2/c1-16-15-14(17-4-5-18-15)13-11-19(6-9-21-13)10-12-2-7-20-8-3-12/h4-5,12-13H,2-3,6-11H2,1H3,(H,16,18)/t13-/m0/s1. The van der Waals surface area contributed by atoms with Gasteiger partial charge in [0.1, 0.15) is 17.6 Å². The molecule has 2 aliphatic heterocycles. The van der Waals surface area contributed by atoms with Crippen molar-refractivity contribution in [3.05, 3.63) is 18.1 Å². The first kappa shape index (κ1) is 14.7. The number of ether oxygens (including phenoxy) is 2. The van der Waals surface area contributed by atoms with E-state index in [2.05, 4.69) is 20.2 Å². The minimum absolute atomic E-state index is 0.00902. The Morgan fingerprint density at radius 1 is 1.24 bits per heavy atom. The molecule has 0 aliphatic carbocycles. The molecule has 0 bridgehead atoms. The molecule has 1 N–H and O–H groups in total. The van der Waals surface area contributed by atoms with E-state index < -0.39 is 0 Å². The molecule has 0 saturated carbocycles. The maximum absolute atomic E-state index is 5.92. The summed E-state index contributed by atoms with van der Waals surface area (Å²) in [5.41, 5.74) is 0.914. The third-order valence-electron chi connectivity index (χ3n) is 4.28. The van der Waals surface area contributed by atoms with Crippen molar-refractivity contribution in [2.45, 2.75) is 18.9 Å². The molecule has 21 heavy (non-hydrogen) atoms. The van der Waals surface area contributed by atoms with Gasteiger partial charge in [-0.25, -0.2) is 4.98 Å². The Hall–Kier alpha value is -1.24. The van der Waals surface area contributed by atoms with Crippen LogP contribution in [0.3, 0.4) is 0 Å². The molecular weight excluding hydrogens is 268 g/mol. The predicted molar refractivity (Wildman–Crippen MR) is 80.3 cm³/mol.